The molecule has 2 rings (SSSR count). The fourth-order valence-corrected chi connectivity index (χ4v) is 3.04. The second-order valence-electron chi connectivity index (χ2n) is 4.92. The Morgan fingerprint density at radius 1 is 1.61 bits per heavy atom. The third-order valence-electron chi connectivity index (χ3n) is 3.58. The molecule has 18 heavy (non-hydrogen) atoms. The highest BCUT2D eigenvalue weighted by Gasteiger charge is 2.40. The molecule has 2 heterocycles. The van der Waals surface area contributed by atoms with Crippen LogP contribution in [0.4, 0.5) is 0 Å². The number of halogens is 1. The Hall–Kier alpha value is -0.580. The van der Waals surface area contributed by atoms with Gasteiger partial charge in [0.2, 0.25) is 0 Å². The number of aromatic nitrogens is 2. The average Bonchev–Trinajstić information content (AvgIpc) is 2.71. The molecule has 2 atom stereocenters. The molecule has 1 aromatic heterocycles. The molecule has 0 bridgehead atoms. The zero-order valence-corrected chi connectivity index (χ0v) is 11.8. The first-order chi connectivity index (χ1) is 8.60. The van der Waals surface area contributed by atoms with Crippen LogP contribution in [0.5, 0.6) is 0 Å². The minimum absolute atomic E-state index is 0.116. The van der Waals surface area contributed by atoms with E-state index in [1.54, 1.807) is 10.9 Å². The summed E-state index contributed by atoms with van der Waals surface area (Å²) in [5.41, 5.74) is -0.155. The van der Waals surface area contributed by atoms with E-state index in [4.69, 9.17) is 16.3 Å². The van der Waals surface area contributed by atoms with E-state index in [1.807, 2.05) is 6.92 Å². The molecule has 1 N–H and O–H groups in total. The summed E-state index contributed by atoms with van der Waals surface area (Å²) < 4.78 is 7.48. The van der Waals surface area contributed by atoms with Crippen LogP contribution in [0.15, 0.2) is 6.20 Å². The van der Waals surface area contributed by atoms with Crippen molar-refractivity contribution < 1.29 is 9.84 Å². The number of ether oxygens (including phenoxy) is 1. The lowest BCUT2D eigenvalue weighted by Gasteiger charge is -2.37. The molecule has 1 saturated heterocycles. The zero-order chi connectivity index (χ0) is 13.2. The van der Waals surface area contributed by atoms with Gasteiger partial charge < -0.3 is 9.84 Å². The third-order valence-corrected chi connectivity index (χ3v) is 3.86. The summed E-state index contributed by atoms with van der Waals surface area (Å²) in [5.74, 6) is 0. The predicted octanol–water partition coefficient (Wildman–Crippen LogP) is 2.72. The number of hydrogen-bond donors (Lipinski definition) is 1. The van der Waals surface area contributed by atoms with Gasteiger partial charge in [-0.15, -0.1) is 0 Å². The number of nitrogens with zero attached hydrogens (tertiary/aromatic N) is 2. The van der Waals surface area contributed by atoms with Crippen molar-refractivity contribution in [1.29, 1.82) is 0 Å². The summed E-state index contributed by atoms with van der Waals surface area (Å²) in [6, 6.07) is 0. The van der Waals surface area contributed by atoms with E-state index in [0.717, 1.165) is 18.5 Å². The predicted molar refractivity (Wildman–Crippen MR) is 70.7 cm³/mol. The molecule has 1 aliphatic heterocycles. The van der Waals surface area contributed by atoms with Crippen LogP contribution in [0.2, 0.25) is 5.02 Å². The third kappa shape index (κ3) is 2.56. The number of rotatable bonds is 4. The molecule has 0 amide bonds. The molecule has 102 valence electrons. The van der Waals surface area contributed by atoms with Crippen molar-refractivity contribution in [3.05, 3.63) is 16.9 Å². The molecule has 4 nitrogen and oxygen atoms in total. The maximum atomic E-state index is 10.9. The Morgan fingerprint density at radius 2 is 2.39 bits per heavy atom. The summed E-state index contributed by atoms with van der Waals surface area (Å²) in [6.45, 7) is 5.41. The molecular formula is C13H21ClN2O2. The number of aliphatic hydroxyl groups is 1. The number of hydrogen-bond acceptors (Lipinski definition) is 3. The molecule has 0 aliphatic carbocycles. The van der Waals surface area contributed by atoms with E-state index < -0.39 is 5.60 Å². The Balaban J connectivity index is 2.26. The molecule has 0 aromatic carbocycles. The van der Waals surface area contributed by atoms with Crippen LogP contribution in [0, 0.1) is 0 Å². The monoisotopic (exact) mass is 272 g/mol. The highest BCUT2D eigenvalue weighted by Crippen LogP contribution is 2.39. The first-order valence-corrected chi connectivity index (χ1v) is 7.04. The fraction of sp³-hybridized carbons (Fsp3) is 0.769. The van der Waals surface area contributed by atoms with E-state index in [1.165, 1.54) is 0 Å². The van der Waals surface area contributed by atoms with E-state index >= 15 is 0 Å². The van der Waals surface area contributed by atoms with Crippen LogP contribution in [0.1, 0.15) is 45.2 Å². The van der Waals surface area contributed by atoms with E-state index in [9.17, 15) is 5.11 Å². The van der Waals surface area contributed by atoms with Crippen LogP contribution < -0.4 is 0 Å². The van der Waals surface area contributed by atoms with Gasteiger partial charge in [-0.25, -0.2) is 0 Å². The van der Waals surface area contributed by atoms with Gasteiger partial charge >= 0.3 is 0 Å². The van der Waals surface area contributed by atoms with Gasteiger partial charge in [0, 0.05) is 19.4 Å². The Morgan fingerprint density at radius 3 is 3.06 bits per heavy atom. The largest absolute Gasteiger partial charge is 0.383 e. The molecule has 1 aromatic rings. The van der Waals surface area contributed by atoms with Crippen molar-refractivity contribution >= 4 is 11.6 Å². The second-order valence-corrected chi connectivity index (χ2v) is 5.33. The average molecular weight is 273 g/mol. The minimum atomic E-state index is -0.901. The standard InChI is InChI=1S/C13H21ClN2O2/c1-3-5-10-8-13(17,6-7-18-10)12-11(14)9-15-16(12)4-2/h9-10,17H,3-8H2,1-2H3. The molecule has 2 unspecified atom stereocenters. The highest BCUT2D eigenvalue weighted by molar-refractivity contribution is 6.31. The van der Waals surface area contributed by atoms with Crippen LogP contribution in [0.3, 0.4) is 0 Å². The zero-order valence-electron chi connectivity index (χ0n) is 11.0. The van der Waals surface area contributed by atoms with Gasteiger partial charge in [0.15, 0.2) is 0 Å². The van der Waals surface area contributed by atoms with Gasteiger partial charge in [0.05, 0.1) is 29.6 Å². The Kier molecular flexibility index (Phi) is 4.30. The van der Waals surface area contributed by atoms with Crippen LogP contribution in [0.25, 0.3) is 0 Å². The number of aryl methyl sites for hydroxylation is 1. The van der Waals surface area contributed by atoms with E-state index in [2.05, 4.69) is 12.0 Å². The van der Waals surface area contributed by atoms with Crippen LogP contribution >= 0.6 is 11.6 Å². The quantitative estimate of drug-likeness (QED) is 0.917. The molecule has 0 saturated carbocycles. The first kappa shape index (κ1) is 13.8. The normalized spacial score (nSPS) is 28.6. The van der Waals surface area contributed by atoms with Crippen molar-refractivity contribution in [3.63, 3.8) is 0 Å². The molecule has 0 spiro atoms. The SMILES string of the molecule is CCCC1CC(O)(c2c(Cl)cnn2CC)CCO1. The van der Waals surface area contributed by atoms with Crippen LogP contribution in [-0.2, 0) is 16.9 Å². The minimum Gasteiger partial charge on any atom is -0.383 e. The topological polar surface area (TPSA) is 47.3 Å². The molecule has 5 heteroatoms. The summed E-state index contributed by atoms with van der Waals surface area (Å²) in [4.78, 5) is 0. The second kappa shape index (κ2) is 5.59. The Bertz CT molecular complexity index is 406. The van der Waals surface area contributed by atoms with Crippen LogP contribution in [-0.4, -0.2) is 27.6 Å². The van der Waals surface area contributed by atoms with Crippen molar-refractivity contribution in [2.45, 2.75) is 57.8 Å². The highest BCUT2D eigenvalue weighted by atomic mass is 35.5. The van der Waals surface area contributed by atoms with Crippen molar-refractivity contribution in [2.24, 2.45) is 0 Å². The van der Waals surface area contributed by atoms with Gasteiger partial charge in [-0.1, -0.05) is 24.9 Å². The van der Waals surface area contributed by atoms with Gasteiger partial charge in [-0.2, -0.15) is 5.10 Å². The molecule has 1 fully saturated rings. The lowest BCUT2D eigenvalue weighted by Crippen LogP contribution is -2.40. The van der Waals surface area contributed by atoms with E-state index in [0.29, 0.717) is 31.0 Å². The van der Waals surface area contributed by atoms with E-state index in [-0.39, 0.29) is 6.10 Å². The van der Waals surface area contributed by atoms with Gasteiger partial charge in [0.1, 0.15) is 5.60 Å². The smallest absolute Gasteiger partial charge is 0.112 e. The van der Waals surface area contributed by atoms with Gasteiger partial charge in [-0.3, -0.25) is 4.68 Å². The fourth-order valence-electron chi connectivity index (χ4n) is 2.72. The molecule has 0 radical (unpaired) electrons. The Labute approximate surface area is 113 Å². The summed E-state index contributed by atoms with van der Waals surface area (Å²) in [6.07, 6.45) is 4.94. The summed E-state index contributed by atoms with van der Waals surface area (Å²) in [5, 5.41) is 15.7. The lowest BCUT2D eigenvalue weighted by molar-refractivity contribution is -0.113. The maximum absolute atomic E-state index is 10.9. The molecular weight excluding hydrogens is 252 g/mol. The summed E-state index contributed by atoms with van der Waals surface area (Å²) in [7, 11) is 0. The summed E-state index contributed by atoms with van der Waals surface area (Å²) >= 11 is 6.19. The van der Waals surface area contributed by atoms with Gasteiger partial charge in [-0.05, 0) is 13.3 Å². The van der Waals surface area contributed by atoms with Gasteiger partial charge in [0.25, 0.3) is 0 Å². The van der Waals surface area contributed by atoms with Crippen molar-refractivity contribution in [3.8, 4) is 0 Å². The van der Waals surface area contributed by atoms with Crippen molar-refractivity contribution in [2.75, 3.05) is 6.61 Å². The van der Waals surface area contributed by atoms with Crippen molar-refractivity contribution in [1.82, 2.24) is 9.78 Å². The first-order valence-electron chi connectivity index (χ1n) is 6.66. The molecule has 1 aliphatic rings. The maximum Gasteiger partial charge on any atom is 0.112 e. The lowest BCUT2D eigenvalue weighted by atomic mass is 9.86.